The molecule has 0 unspecified atom stereocenters. The number of fused-ring (bicyclic) bond motifs is 1. The van der Waals surface area contributed by atoms with Crippen LogP contribution in [0.2, 0.25) is 0 Å². The van der Waals surface area contributed by atoms with Gasteiger partial charge in [0.25, 0.3) is 0 Å². The van der Waals surface area contributed by atoms with Crippen LogP contribution < -0.4 is 10.7 Å². The van der Waals surface area contributed by atoms with E-state index in [1.807, 2.05) is 23.7 Å². The second kappa shape index (κ2) is 6.50. The summed E-state index contributed by atoms with van der Waals surface area (Å²) >= 11 is 0. The Bertz CT molecular complexity index is 744. The lowest BCUT2D eigenvalue weighted by Gasteiger charge is -2.13. The minimum atomic E-state index is -0.197. The van der Waals surface area contributed by atoms with Crippen LogP contribution >= 0.6 is 0 Å². The largest absolute Gasteiger partial charge is 0.346 e. The molecule has 0 aliphatic rings. The zero-order valence-electron chi connectivity index (χ0n) is 12.5. The van der Waals surface area contributed by atoms with E-state index in [0.29, 0.717) is 5.39 Å². The molecule has 0 spiro atoms. The van der Waals surface area contributed by atoms with Gasteiger partial charge in [-0.1, -0.05) is 18.7 Å². The van der Waals surface area contributed by atoms with Crippen LogP contribution in [-0.2, 0) is 6.54 Å². The summed E-state index contributed by atoms with van der Waals surface area (Å²) in [5, 5.41) is 3.68. The molecular formula is C17H20N2O2. The maximum atomic E-state index is 12.4. The molecule has 0 fully saturated rings. The predicted octanol–water partition coefficient (Wildman–Crippen LogP) is 2.46. The highest BCUT2D eigenvalue weighted by molar-refractivity contribution is 5.97. The summed E-state index contributed by atoms with van der Waals surface area (Å²) in [5.41, 5.74) is 1.86. The van der Waals surface area contributed by atoms with E-state index in [1.165, 1.54) is 6.92 Å². The minimum absolute atomic E-state index is 0.196. The van der Waals surface area contributed by atoms with Crippen LogP contribution in [-0.4, -0.2) is 23.9 Å². The van der Waals surface area contributed by atoms with Gasteiger partial charge in [-0.15, -0.1) is 0 Å². The smallest absolute Gasteiger partial charge is 0.200 e. The third-order valence-electron chi connectivity index (χ3n) is 3.55. The molecule has 1 heterocycles. The van der Waals surface area contributed by atoms with E-state index < -0.39 is 0 Å². The fourth-order valence-corrected chi connectivity index (χ4v) is 2.40. The molecule has 4 heteroatoms. The highest BCUT2D eigenvalue weighted by Crippen LogP contribution is 2.16. The summed E-state index contributed by atoms with van der Waals surface area (Å²) in [4.78, 5) is 24.1. The van der Waals surface area contributed by atoms with Gasteiger partial charge in [-0.3, -0.25) is 9.59 Å². The average Bonchev–Trinajstić information content (AvgIpc) is 2.49. The average molecular weight is 284 g/mol. The van der Waals surface area contributed by atoms with E-state index >= 15 is 0 Å². The van der Waals surface area contributed by atoms with Crippen molar-refractivity contribution in [2.24, 2.45) is 0 Å². The van der Waals surface area contributed by atoms with E-state index in [1.54, 1.807) is 18.3 Å². The Kier molecular flexibility index (Phi) is 4.70. The van der Waals surface area contributed by atoms with Crippen molar-refractivity contribution in [2.75, 3.05) is 13.6 Å². The Morgan fingerprint density at radius 1 is 1.43 bits per heavy atom. The van der Waals surface area contributed by atoms with Crippen molar-refractivity contribution in [3.63, 3.8) is 0 Å². The van der Waals surface area contributed by atoms with Crippen LogP contribution in [0.1, 0.15) is 29.3 Å². The normalized spacial score (nSPS) is 10.8. The summed E-state index contributed by atoms with van der Waals surface area (Å²) in [5.74, 6) is -0.197. The van der Waals surface area contributed by atoms with E-state index in [4.69, 9.17) is 0 Å². The molecule has 1 N–H and O–H groups in total. The summed E-state index contributed by atoms with van der Waals surface area (Å²) in [7, 11) is 1.90. The van der Waals surface area contributed by atoms with Gasteiger partial charge in [0.2, 0.25) is 0 Å². The van der Waals surface area contributed by atoms with Gasteiger partial charge in [-0.25, -0.2) is 0 Å². The first-order chi connectivity index (χ1) is 10.1. The maximum Gasteiger partial charge on any atom is 0.200 e. The number of aryl methyl sites for hydroxylation is 1. The third-order valence-corrected chi connectivity index (χ3v) is 3.55. The zero-order chi connectivity index (χ0) is 15.4. The fraction of sp³-hybridized carbons (Fsp3) is 0.294. The number of hydrogen-bond donors (Lipinski definition) is 1. The SMILES string of the molecule is C=Cc1ccc2c(=O)c(C(C)=O)cn(CCCNC)c2c1. The van der Waals surface area contributed by atoms with Crippen LogP contribution in [0, 0.1) is 0 Å². The van der Waals surface area contributed by atoms with Gasteiger partial charge in [0, 0.05) is 18.1 Å². The van der Waals surface area contributed by atoms with Crippen molar-refractivity contribution in [1.29, 1.82) is 0 Å². The first-order valence-corrected chi connectivity index (χ1v) is 7.03. The molecule has 2 aromatic rings. The first-order valence-electron chi connectivity index (χ1n) is 7.03. The number of nitrogens with zero attached hydrogens (tertiary/aromatic N) is 1. The van der Waals surface area contributed by atoms with Crippen molar-refractivity contribution in [3.8, 4) is 0 Å². The van der Waals surface area contributed by atoms with Gasteiger partial charge in [0.05, 0.1) is 11.1 Å². The van der Waals surface area contributed by atoms with Gasteiger partial charge >= 0.3 is 0 Å². The molecule has 1 aromatic carbocycles. The number of Topliss-reactive ketones (excluding diaryl/α,β-unsaturated/α-hetero) is 1. The van der Waals surface area contributed by atoms with Gasteiger partial charge in [0.15, 0.2) is 11.2 Å². The monoisotopic (exact) mass is 284 g/mol. The van der Waals surface area contributed by atoms with Crippen molar-refractivity contribution < 1.29 is 4.79 Å². The number of carbonyl (C=O) groups excluding carboxylic acids is 1. The molecule has 0 atom stereocenters. The lowest BCUT2D eigenvalue weighted by Crippen LogP contribution is -2.19. The number of benzene rings is 1. The molecule has 21 heavy (non-hydrogen) atoms. The van der Waals surface area contributed by atoms with Crippen molar-refractivity contribution in [2.45, 2.75) is 19.9 Å². The maximum absolute atomic E-state index is 12.4. The molecule has 4 nitrogen and oxygen atoms in total. The van der Waals surface area contributed by atoms with Crippen molar-refractivity contribution in [3.05, 3.63) is 52.3 Å². The number of aromatic nitrogens is 1. The molecule has 0 saturated heterocycles. The topological polar surface area (TPSA) is 51.1 Å². The lowest BCUT2D eigenvalue weighted by atomic mass is 10.1. The van der Waals surface area contributed by atoms with E-state index in [9.17, 15) is 9.59 Å². The highest BCUT2D eigenvalue weighted by atomic mass is 16.1. The Morgan fingerprint density at radius 3 is 2.81 bits per heavy atom. The number of ketones is 1. The molecular weight excluding hydrogens is 264 g/mol. The Hall–Kier alpha value is -2.20. The van der Waals surface area contributed by atoms with Gasteiger partial charge in [-0.05, 0) is 44.6 Å². The second-order valence-electron chi connectivity index (χ2n) is 5.06. The van der Waals surface area contributed by atoms with Gasteiger partial charge < -0.3 is 9.88 Å². The van der Waals surface area contributed by atoms with Crippen LogP contribution in [0.25, 0.3) is 17.0 Å². The molecule has 0 aliphatic carbocycles. The number of nitrogens with one attached hydrogen (secondary N) is 1. The quantitative estimate of drug-likeness (QED) is 0.655. The Labute approximate surface area is 124 Å². The van der Waals surface area contributed by atoms with Crippen LogP contribution in [0.3, 0.4) is 0 Å². The number of pyridine rings is 1. The Morgan fingerprint density at radius 2 is 2.19 bits per heavy atom. The lowest BCUT2D eigenvalue weighted by molar-refractivity contribution is 0.101. The molecule has 2 rings (SSSR count). The van der Waals surface area contributed by atoms with E-state index in [0.717, 1.165) is 30.6 Å². The molecule has 0 aliphatic heterocycles. The van der Waals surface area contributed by atoms with Crippen molar-refractivity contribution in [1.82, 2.24) is 9.88 Å². The minimum Gasteiger partial charge on any atom is -0.346 e. The number of rotatable bonds is 6. The van der Waals surface area contributed by atoms with E-state index in [2.05, 4.69) is 11.9 Å². The van der Waals surface area contributed by atoms with Crippen LogP contribution in [0.5, 0.6) is 0 Å². The summed E-state index contributed by atoms with van der Waals surface area (Å²) in [6.07, 6.45) is 4.35. The molecule has 0 amide bonds. The summed E-state index contributed by atoms with van der Waals surface area (Å²) < 4.78 is 1.98. The first kappa shape index (κ1) is 15.2. The number of carbonyl (C=O) groups is 1. The van der Waals surface area contributed by atoms with Crippen LogP contribution in [0.4, 0.5) is 0 Å². The second-order valence-corrected chi connectivity index (χ2v) is 5.06. The summed E-state index contributed by atoms with van der Waals surface area (Å²) in [6, 6.07) is 5.56. The third kappa shape index (κ3) is 3.11. The fourth-order valence-electron chi connectivity index (χ4n) is 2.40. The molecule has 110 valence electrons. The van der Waals surface area contributed by atoms with Crippen molar-refractivity contribution >= 4 is 22.8 Å². The predicted molar refractivity (Wildman–Crippen MR) is 86.8 cm³/mol. The van der Waals surface area contributed by atoms with Crippen LogP contribution in [0.15, 0.2) is 35.8 Å². The molecule has 0 radical (unpaired) electrons. The van der Waals surface area contributed by atoms with E-state index in [-0.39, 0.29) is 16.8 Å². The number of hydrogen-bond acceptors (Lipinski definition) is 3. The molecule has 0 saturated carbocycles. The highest BCUT2D eigenvalue weighted by Gasteiger charge is 2.12. The Balaban J connectivity index is 2.66. The molecule has 1 aromatic heterocycles. The standard InChI is InChI=1S/C17H20N2O2/c1-4-13-6-7-14-16(10-13)19(9-5-8-18-3)11-15(12(2)20)17(14)21/h4,6-7,10-11,18H,1,5,8-9H2,2-3H3. The summed E-state index contributed by atoms with van der Waals surface area (Å²) in [6.45, 7) is 6.82. The molecule has 0 bridgehead atoms. The zero-order valence-corrected chi connectivity index (χ0v) is 12.5. The van der Waals surface area contributed by atoms with Gasteiger partial charge in [-0.2, -0.15) is 0 Å². The van der Waals surface area contributed by atoms with Gasteiger partial charge in [0.1, 0.15) is 0 Å².